The van der Waals surface area contributed by atoms with Crippen LogP contribution in [0.2, 0.25) is 5.02 Å². The third-order valence-corrected chi connectivity index (χ3v) is 6.17. The molecule has 1 aromatic carbocycles. The second-order valence-electron chi connectivity index (χ2n) is 5.08. The summed E-state index contributed by atoms with van der Waals surface area (Å²) in [4.78, 5) is 0.206. The SMILES string of the molecule is CCN(CC1CCNCC1)S(=O)(=O)c1ccccc1Cl. The third kappa shape index (κ3) is 3.52. The van der Waals surface area contributed by atoms with Crippen LogP contribution in [0.25, 0.3) is 0 Å². The van der Waals surface area contributed by atoms with Gasteiger partial charge in [-0.3, -0.25) is 0 Å². The first kappa shape index (κ1) is 15.8. The van der Waals surface area contributed by atoms with Gasteiger partial charge in [-0.05, 0) is 44.0 Å². The highest BCUT2D eigenvalue weighted by atomic mass is 35.5. The Morgan fingerprint density at radius 1 is 1.30 bits per heavy atom. The largest absolute Gasteiger partial charge is 0.317 e. The maximum atomic E-state index is 12.7. The van der Waals surface area contributed by atoms with Gasteiger partial charge in [-0.15, -0.1) is 0 Å². The van der Waals surface area contributed by atoms with Crippen molar-refractivity contribution in [1.82, 2.24) is 9.62 Å². The van der Waals surface area contributed by atoms with E-state index in [0.29, 0.717) is 19.0 Å². The fourth-order valence-electron chi connectivity index (χ4n) is 2.54. The zero-order valence-electron chi connectivity index (χ0n) is 11.7. The molecular weight excluding hydrogens is 296 g/mol. The van der Waals surface area contributed by atoms with Gasteiger partial charge in [0.25, 0.3) is 0 Å². The normalized spacial score (nSPS) is 17.6. The lowest BCUT2D eigenvalue weighted by Crippen LogP contribution is -2.39. The highest BCUT2D eigenvalue weighted by Crippen LogP contribution is 2.25. The number of sulfonamides is 1. The lowest BCUT2D eigenvalue weighted by molar-refractivity contribution is 0.294. The molecule has 20 heavy (non-hydrogen) atoms. The lowest BCUT2D eigenvalue weighted by atomic mass is 9.98. The number of hydrogen-bond acceptors (Lipinski definition) is 3. The molecule has 112 valence electrons. The quantitative estimate of drug-likeness (QED) is 0.907. The molecule has 1 aliphatic heterocycles. The van der Waals surface area contributed by atoms with Crippen molar-refractivity contribution in [2.75, 3.05) is 26.2 Å². The number of hydrogen-bond donors (Lipinski definition) is 1. The minimum Gasteiger partial charge on any atom is -0.317 e. The van der Waals surface area contributed by atoms with Gasteiger partial charge >= 0.3 is 0 Å². The second-order valence-corrected chi connectivity index (χ2v) is 7.39. The highest BCUT2D eigenvalue weighted by Gasteiger charge is 2.28. The van der Waals surface area contributed by atoms with Crippen molar-refractivity contribution in [3.8, 4) is 0 Å². The first-order valence-electron chi connectivity index (χ1n) is 7.01. The van der Waals surface area contributed by atoms with Gasteiger partial charge in [0.1, 0.15) is 4.90 Å². The van der Waals surface area contributed by atoms with E-state index in [0.717, 1.165) is 25.9 Å². The molecule has 1 heterocycles. The van der Waals surface area contributed by atoms with Crippen molar-refractivity contribution in [2.24, 2.45) is 5.92 Å². The zero-order chi connectivity index (χ0) is 14.6. The fraction of sp³-hybridized carbons (Fsp3) is 0.571. The molecule has 0 aromatic heterocycles. The molecule has 0 unspecified atom stereocenters. The summed E-state index contributed by atoms with van der Waals surface area (Å²) < 4.78 is 26.9. The third-order valence-electron chi connectivity index (χ3n) is 3.73. The Balaban J connectivity index is 2.19. The van der Waals surface area contributed by atoms with Crippen molar-refractivity contribution in [2.45, 2.75) is 24.7 Å². The van der Waals surface area contributed by atoms with E-state index >= 15 is 0 Å². The van der Waals surface area contributed by atoms with Crippen LogP contribution in [0.4, 0.5) is 0 Å². The van der Waals surface area contributed by atoms with Gasteiger partial charge in [0, 0.05) is 13.1 Å². The van der Waals surface area contributed by atoms with Gasteiger partial charge in [-0.1, -0.05) is 30.7 Å². The fourth-order valence-corrected chi connectivity index (χ4v) is 4.56. The maximum absolute atomic E-state index is 12.7. The minimum absolute atomic E-state index is 0.206. The van der Waals surface area contributed by atoms with E-state index in [1.54, 1.807) is 28.6 Å². The number of benzene rings is 1. The smallest absolute Gasteiger partial charge is 0.244 e. The van der Waals surface area contributed by atoms with Crippen LogP contribution in [0.15, 0.2) is 29.2 Å². The number of rotatable bonds is 5. The molecule has 1 N–H and O–H groups in total. The molecule has 0 atom stereocenters. The summed E-state index contributed by atoms with van der Waals surface area (Å²) in [7, 11) is -3.50. The molecule has 0 spiro atoms. The standard InChI is InChI=1S/C14H21ClN2O2S/c1-2-17(11-12-7-9-16-10-8-12)20(18,19)14-6-4-3-5-13(14)15/h3-6,12,16H,2,7-11H2,1H3. The molecule has 4 nitrogen and oxygen atoms in total. The summed E-state index contributed by atoms with van der Waals surface area (Å²) in [6.07, 6.45) is 2.04. The minimum atomic E-state index is -3.50. The monoisotopic (exact) mass is 316 g/mol. The average molecular weight is 317 g/mol. The number of piperidine rings is 1. The molecule has 0 amide bonds. The first-order valence-corrected chi connectivity index (χ1v) is 8.83. The lowest BCUT2D eigenvalue weighted by Gasteiger charge is -2.29. The van der Waals surface area contributed by atoms with E-state index in [1.807, 2.05) is 6.92 Å². The van der Waals surface area contributed by atoms with Crippen LogP contribution in [0.3, 0.4) is 0 Å². The Kier molecular flexibility index (Phi) is 5.43. The summed E-state index contributed by atoms with van der Waals surface area (Å²) in [6, 6.07) is 6.64. The Morgan fingerprint density at radius 2 is 1.95 bits per heavy atom. The predicted molar refractivity (Wildman–Crippen MR) is 81.5 cm³/mol. The van der Waals surface area contributed by atoms with E-state index in [4.69, 9.17) is 11.6 Å². The van der Waals surface area contributed by atoms with E-state index in [-0.39, 0.29) is 9.92 Å². The molecule has 1 aliphatic rings. The van der Waals surface area contributed by atoms with Crippen LogP contribution in [0.5, 0.6) is 0 Å². The van der Waals surface area contributed by atoms with Gasteiger partial charge in [0.05, 0.1) is 5.02 Å². The molecule has 0 radical (unpaired) electrons. The van der Waals surface area contributed by atoms with Crippen molar-refractivity contribution >= 4 is 21.6 Å². The number of halogens is 1. The van der Waals surface area contributed by atoms with E-state index in [9.17, 15) is 8.42 Å². The van der Waals surface area contributed by atoms with Gasteiger partial charge in [-0.25, -0.2) is 8.42 Å². The van der Waals surface area contributed by atoms with Gasteiger partial charge < -0.3 is 5.32 Å². The Hall–Kier alpha value is -0.620. The van der Waals surface area contributed by atoms with Crippen molar-refractivity contribution < 1.29 is 8.42 Å². The van der Waals surface area contributed by atoms with Crippen molar-refractivity contribution in [1.29, 1.82) is 0 Å². The highest BCUT2D eigenvalue weighted by molar-refractivity contribution is 7.89. The molecule has 1 fully saturated rings. The number of nitrogens with one attached hydrogen (secondary N) is 1. The van der Waals surface area contributed by atoms with Crippen LogP contribution < -0.4 is 5.32 Å². The second kappa shape index (κ2) is 6.89. The van der Waals surface area contributed by atoms with Crippen molar-refractivity contribution in [3.05, 3.63) is 29.3 Å². The van der Waals surface area contributed by atoms with Crippen molar-refractivity contribution in [3.63, 3.8) is 0 Å². The van der Waals surface area contributed by atoms with Crippen LogP contribution >= 0.6 is 11.6 Å². The van der Waals surface area contributed by atoms with Gasteiger partial charge in [0.2, 0.25) is 10.0 Å². The van der Waals surface area contributed by atoms with Crippen LogP contribution in [-0.2, 0) is 10.0 Å². The maximum Gasteiger partial charge on any atom is 0.244 e. The molecule has 6 heteroatoms. The molecular formula is C14H21ClN2O2S. The Labute approximate surface area is 126 Å². The summed E-state index contributed by atoms with van der Waals surface area (Å²) in [6.45, 7) is 4.85. The van der Waals surface area contributed by atoms with Gasteiger partial charge in [0.15, 0.2) is 0 Å². The van der Waals surface area contributed by atoms with E-state index in [2.05, 4.69) is 5.32 Å². The van der Waals surface area contributed by atoms with E-state index < -0.39 is 10.0 Å². The first-order chi connectivity index (χ1) is 9.55. The molecule has 2 rings (SSSR count). The summed E-state index contributed by atoms with van der Waals surface area (Å²) in [5.74, 6) is 0.425. The Bertz CT molecular complexity index is 542. The molecule has 1 aromatic rings. The van der Waals surface area contributed by atoms with Crippen LogP contribution in [-0.4, -0.2) is 38.9 Å². The molecule has 0 bridgehead atoms. The average Bonchev–Trinajstić information content (AvgIpc) is 2.46. The zero-order valence-corrected chi connectivity index (χ0v) is 13.3. The summed E-state index contributed by atoms with van der Waals surface area (Å²) in [5.41, 5.74) is 0. The summed E-state index contributed by atoms with van der Waals surface area (Å²) >= 11 is 6.04. The van der Waals surface area contributed by atoms with Crippen LogP contribution in [0, 0.1) is 5.92 Å². The van der Waals surface area contributed by atoms with Gasteiger partial charge in [-0.2, -0.15) is 4.31 Å². The molecule has 0 saturated carbocycles. The summed E-state index contributed by atoms with van der Waals surface area (Å²) in [5, 5.41) is 3.58. The molecule has 0 aliphatic carbocycles. The Morgan fingerprint density at radius 3 is 2.55 bits per heavy atom. The van der Waals surface area contributed by atoms with E-state index in [1.165, 1.54) is 0 Å². The molecule has 1 saturated heterocycles. The number of nitrogens with zero attached hydrogens (tertiary/aromatic N) is 1. The predicted octanol–water partition coefficient (Wildman–Crippen LogP) is 2.35. The van der Waals surface area contributed by atoms with Crippen LogP contribution in [0.1, 0.15) is 19.8 Å². The topological polar surface area (TPSA) is 49.4 Å².